The summed E-state index contributed by atoms with van der Waals surface area (Å²) in [6, 6.07) is 0. The maximum absolute atomic E-state index is 11.5. The highest BCUT2D eigenvalue weighted by molar-refractivity contribution is 5.57. The molecule has 0 aromatic heterocycles. The molecule has 0 bridgehead atoms. The summed E-state index contributed by atoms with van der Waals surface area (Å²) in [5.41, 5.74) is -0.635. The standard InChI is InChI=1S/C20H38O5/c1-5-9-13-17(14-10-6-2)20(23-18(21)22)19(24-25-20,15-11-7-3)16-12-8-4/h17H,5-16H2,1-4H3,(H,21,22). The van der Waals surface area contributed by atoms with Crippen molar-refractivity contribution in [2.75, 3.05) is 0 Å². The van der Waals surface area contributed by atoms with Gasteiger partial charge in [-0.05, 0) is 25.7 Å². The van der Waals surface area contributed by atoms with Crippen molar-refractivity contribution in [3.63, 3.8) is 0 Å². The van der Waals surface area contributed by atoms with E-state index in [1.807, 2.05) is 0 Å². The molecule has 1 saturated heterocycles. The summed E-state index contributed by atoms with van der Waals surface area (Å²) in [6.07, 6.45) is 10.4. The van der Waals surface area contributed by atoms with Crippen LogP contribution >= 0.6 is 0 Å². The summed E-state index contributed by atoms with van der Waals surface area (Å²) in [4.78, 5) is 22.8. The molecule has 1 unspecified atom stereocenters. The molecular weight excluding hydrogens is 320 g/mol. The molecule has 1 atom stereocenters. The van der Waals surface area contributed by atoms with Gasteiger partial charge < -0.3 is 9.84 Å². The molecule has 0 aromatic carbocycles. The zero-order valence-electron chi connectivity index (χ0n) is 16.6. The molecule has 0 aliphatic carbocycles. The van der Waals surface area contributed by atoms with E-state index in [9.17, 15) is 9.90 Å². The number of hydrogen-bond donors (Lipinski definition) is 1. The molecule has 1 aliphatic rings. The Morgan fingerprint density at radius 2 is 1.36 bits per heavy atom. The van der Waals surface area contributed by atoms with Gasteiger partial charge in [0.2, 0.25) is 0 Å². The van der Waals surface area contributed by atoms with E-state index in [-0.39, 0.29) is 5.92 Å². The minimum absolute atomic E-state index is 0.0472. The highest BCUT2D eigenvalue weighted by Crippen LogP contribution is 2.54. The Labute approximate surface area is 153 Å². The molecule has 0 spiro atoms. The molecule has 0 saturated carbocycles. The van der Waals surface area contributed by atoms with Gasteiger partial charge in [-0.2, -0.15) is 4.89 Å². The van der Waals surface area contributed by atoms with Crippen LogP contribution in [-0.2, 0) is 14.5 Å². The SMILES string of the molecule is CCCCC(CCCC)C1(OC(=O)O)OOC1(CCCC)CCCC. The van der Waals surface area contributed by atoms with E-state index in [4.69, 9.17) is 14.5 Å². The Morgan fingerprint density at radius 3 is 1.68 bits per heavy atom. The van der Waals surface area contributed by atoms with Crippen molar-refractivity contribution in [2.45, 2.75) is 116 Å². The van der Waals surface area contributed by atoms with Crippen molar-refractivity contribution in [2.24, 2.45) is 5.92 Å². The van der Waals surface area contributed by atoms with E-state index in [1.54, 1.807) is 0 Å². The van der Waals surface area contributed by atoms with Gasteiger partial charge in [-0.1, -0.05) is 79.1 Å². The van der Waals surface area contributed by atoms with Crippen LogP contribution in [0.1, 0.15) is 105 Å². The topological polar surface area (TPSA) is 65.0 Å². The molecule has 0 radical (unpaired) electrons. The van der Waals surface area contributed by atoms with Gasteiger partial charge in [0.25, 0.3) is 5.79 Å². The molecule has 1 aliphatic heterocycles. The third kappa shape index (κ3) is 5.33. The molecule has 0 aromatic rings. The van der Waals surface area contributed by atoms with Crippen molar-refractivity contribution in [3.05, 3.63) is 0 Å². The Kier molecular flexibility index (Phi) is 9.80. The van der Waals surface area contributed by atoms with Crippen molar-refractivity contribution in [3.8, 4) is 0 Å². The van der Waals surface area contributed by atoms with Crippen molar-refractivity contribution < 1.29 is 24.4 Å². The maximum Gasteiger partial charge on any atom is 0.508 e. The Bertz CT molecular complexity index is 368. The molecule has 1 fully saturated rings. The number of carbonyl (C=O) groups is 1. The van der Waals surface area contributed by atoms with Crippen LogP contribution in [0.25, 0.3) is 0 Å². The van der Waals surface area contributed by atoms with Gasteiger partial charge in [0.05, 0.1) is 0 Å². The van der Waals surface area contributed by atoms with E-state index in [2.05, 4.69) is 27.7 Å². The average Bonchev–Trinajstić information content (AvgIpc) is 2.59. The normalized spacial score (nSPS) is 22.0. The minimum Gasteiger partial charge on any atom is -0.450 e. The van der Waals surface area contributed by atoms with Crippen molar-refractivity contribution in [1.29, 1.82) is 0 Å². The van der Waals surface area contributed by atoms with E-state index < -0.39 is 17.5 Å². The van der Waals surface area contributed by atoms with Crippen LogP contribution in [0.5, 0.6) is 0 Å². The first kappa shape index (κ1) is 22.2. The highest BCUT2D eigenvalue weighted by atomic mass is 17.3. The van der Waals surface area contributed by atoms with Gasteiger partial charge in [-0.15, -0.1) is 0 Å². The van der Waals surface area contributed by atoms with E-state index in [0.717, 1.165) is 77.0 Å². The second-order valence-electron chi connectivity index (χ2n) is 7.38. The van der Waals surface area contributed by atoms with Crippen LogP contribution in [0.3, 0.4) is 0 Å². The summed E-state index contributed by atoms with van der Waals surface area (Å²) in [7, 11) is 0. The fourth-order valence-electron chi connectivity index (χ4n) is 3.91. The van der Waals surface area contributed by atoms with Crippen LogP contribution in [0.2, 0.25) is 0 Å². The molecule has 0 amide bonds. The fraction of sp³-hybridized carbons (Fsp3) is 0.950. The number of carboxylic acid groups (broad SMARTS) is 1. The van der Waals surface area contributed by atoms with Crippen molar-refractivity contribution >= 4 is 6.16 Å². The van der Waals surface area contributed by atoms with Crippen LogP contribution in [0, 0.1) is 5.92 Å². The van der Waals surface area contributed by atoms with E-state index >= 15 is 0 Å². The van der Waals surface area contributed by atoms with Gasteiger partial charge in [0, 0.05) is 5.92 Å². The fourth-order valence-corrected chi connectivity index (χ4v) is 3.91. The van der Waals surface area contributed by atoms with Gasteiger partial charge in [-0.25, -0.2) is 9.68 Å². The zero-order chi connectivity index (χ0) is 18.8. The van der Waals surface area contributed by atoms with Crippen LogP contribution in [0.15, 0.2) is 0 Å². The number of ether oxygens (including phenoxy) is 1. The van der Waals surface area contributed by atoms with Gasteiger partial charge >= 0.3 is 6.16 Å². The second kappa shape index (κ2) is 11.0. The summed E-state index contributed by atoms with van der Waals surface area (Å²) >= 11 is 0. The van der Waals surface area contributed by atoms with E-state index in [1.165, 1.54) is 0 Å². The maximum atomic E-state index is 11.5. The van der Waals surface area contributed by atoms with Crippen LogP contribution in [-0.4, -0.2) is 22.7 Å². The number of hydrogen-bond acceptors (Lipinski definition) is 4. The monoisotopic (exact) mass is 358 g/mol. The number of rotatable bonds is 14. The summed E-state index contributed by atoms with van der Waals surface area (Å²) in [6.45, 7) is 8.58. The lowest BCUT2D eigenvalue weighted by molar-refractivity contribution is -0.617. The first-order valence-corrected chi connectivity index (χ1v) is 10.3. The van der Waals surface area contributed by atoms with Crippen LogP contribution < -0.4 is 0 Å². The van der Waals surface area contributed by atoms with E-state index in [0.29, 0.717) is 0 Å². The lowest BCUT2D eigenvalue weighted by Crippen LogP contribution is -2.72. The Balaban J connectivity index is 3.15. The largest absolute Gasteiger partial charge is 0.508 e. The van der Waals surface area contributed by atoms with Gasteiger partial charge in [0.15, 0.2) is 5.60 Å². The molecule has 5 nitrogen and oxygen atoms in total. The highest BCUT2D eigenvalue weighted by Gasteiger charge is 2.69. The lowest BCUT2D eigenvalue weighted by Gasteiger charge is -2.57. The number of unbranched alkanes of at least 4 members (excludes halogenated alkanes) is 4. The van der Waals surface area contributed by atoms with Gasteiger partial charge in [0.1, 0.15) is 0 Å². The first-order chi connectivity index (χ1) is 12.0. The first-order valence-electron chi connectivity index (χ1n) is 10.3. The summed E-state index contributed by atoms with van der Waals surface area (Å²) in [5.74, 6) is -1.10. The Hall–Kier alpha value is -0.810. The third-order valence-electron chi connectivity index (χ3n) is 5.42. The molecule has 25 heavy (non-hydrogen) atoms. The smallest absolute Gasteiger partial charge is 0.450 e. The average molecular weight is 359 g/mol. The predicted octanol–water partition coefficient (Wildman–Crippen LogP) is 6.45. The molecular formula is C20H38O5. The van der Waals surface area contributed by atoms with Crippen LogP contribution in [0.4, 0.5) is 4.79 Å². The third-order valence-corrected chi connectivity index (χ3v) is 5.42. The second-order valence-corrected chi connectivity index (χ2v) is 7.38. The zero-order valence-corrected chi connectivity index (χ0v) is 16.6. The lowest BCUT2D eigenvalue weighted by atomic mass is 9.72. The minimum atomic E-state index is -1.27. The summed E-state index contributed by atoms with van der Waals surface area (Å²) in [5, 5.41) is 9.44. The predicted molar refractivity (Wildman–Crippen MR) is 98.3 cm³/mol. The summed E-state index contributed by atoms with van der Waals surface area (Å²) < 4.78 is 5.51. The Morgan fingerprint density at radius 1 is 0.880 bits per heavy atom. The molecule has 1 rings (SSSR count). The molecule has 1 heterocycles. The molecule has 148 valence electrons. The van der Waals surface area contributed by atoms with Gasteiger partial charge in [-0.3, -0.25) is 0 Å². The quantitative estimate of drug-likeness (QED) is 0.285. The molecule has 1 N–H and O–H groups in total. The van der Waals surface area contributed by atoms with Crippen molar-refractivity contribution in [1.82, 2.24) is 0 Å². The molecule has 5 heteroatoms.